The van der Waals surface area contributed by atoms with Crippen molar-refractivity contribution in [3.05, 3.63) is 94.3 Å². The normalized spacial score (nSPS) is 17.5. The zero-order chi connectivity index (χ0) is 22.2. The number of aliphatic hydroxyl groups is 1. The molecule has 158 valence electrons. The van der Waals surface area contributed by atoms with Gasteiger partial charge in [0.25, 0.3) is 5.91 Å². The van der Waals surface area contributed by atoms with Crippen LogP contribution in [0.15, 0.2) is 66.7 Å². The van der Waals surface area contributed by atoms with Crippen LogP contribution in [-0.2, 0) is 16.9 Å². The lowest BCUT2D eigenvalue weighted by atomic mass is 9.88. The van der Waals surface area contributed by atoms with Gasteiger partial charge in [-0.2, -0.15) is 0 Å². The third kappa shape index (κ3) is 3.69. The first-order valence-corrected chi connectivity index (χ1v) is 9.97. The maximum absolute atomic E-state index is 14.4. The Labute approximate surface area is 183 Å². The number of para-hydroxylation sites is 1. The number of hydrogen-bond donors (Lipinski definition) is 1. The van der Waals surface area contributed by atoms with Crippen LogP contribution in [0.2, 0.25) is 5.02 Å². The molecule has 1 atom stereocenters. The summed E-state index contributed by atoms with van der Waals surface area (Å²) in [5.41, 5.74) is -0.921. The number of carbonyl (C=O) groups excluding carboxylic acids is 2. The third-order valence-corrected chi connectivity index (χ3v) is 5.78. The van der Waals surface area contributed by atoms with Crippen molar-refractivity contribution < 1.29 is 23.8 Å². The molecule has 1 heterocycles. The standard InChI is InChI=1S/C24H19ClFNO4/c1-31-16-7-4-6-15(12-16)22(28)13-24(30)18-8-2-3-11-21(18)27(23(24)29)14-17-19(25)9-5-10-20(17)26/h2-12,30H,13-14H2,1H3/t24-/m1/s1. The van der Waals surface area contributed by atoms with Crippen molar-refractivity contribution in [3.63, 3.8) is 0 Å². The fourth-order valence-corrected chi connectivity index (χ4v) is 4.03. The van der Waals surface area contributed by atoms with E-state index in [0.29, 0.717) is 22.6 Å². The van der Waals surface area contributed by atoms with E-state index in [1.807, 2.05) is 0 Å². The van der Waals surface area contributed by atoms with Crippen LogP contribution in [0.4, 0.5) is 10.1 Å². The van der Waals surface area contributed by atoms with Gasteiger partial charge in [-0.05, 0) is 30.3 Å². The second-order valence-electron chi connectivity index (χ2n) is 7.30. The summed E-state index contributed by atoms with van der Waals surface area (Å²) in [5.74, 6) is -1.19. The van der Waals surface area contributed by atoms with E-state index in [9.17, 15) is 19.1 Å². The Morgan fingerprint density at radius 1 is 1.13 bits per heavy atom. The fourth-order valence-electron chi connectivity index (χ4n) is 3.81. The number of ether oxygens (including phenoxy) is 1. The highest BCUT2D eigenvalue weighted by atomic mass is 35.5. The molecule has 0 bridgehead atoms. The first-order valence-electron chi connectivity index (χ1n) is 9.59. The zero-order valence-electron chi connectivity index (χ0n) is 16.6. The Hall–Kier alpha value is -3.22. The molecule has 1 amide bonds. The predicted octanol–water partition coefficient (Wildman–Crippen LogP) is 4.50. The Kier molecular flexibility index (Phi) is 5.52. The van der Waals surface area contributed by atoms with Crippen LogP contribution in [0.5, 0.6) is 5.75 Å². The molecule has 1 aliphatic rings. The van der Waals surface area contributed by atoms with Crippen molar-refractivity contribution >= 4 is 29.0 Å². The number of benzene rings is 3. The van der Waals surface area contributed by atoms with Gasteiger partial charge >= 0.3 is 0 Å². The summed E-state index contributed by atoms with van der Waals surface area (Å²) in [5, 5.41) is 11.6. The van der Waals surface area contributed by atoms with E-state index in [-0.39, 0.29) is 17.1 Å². The number of halogens is 2. The van der Waals surface area contributed by atoms with E-state index in [1.165, 1.54) is 30.2 Å². The molecule has 31 heavy (non-hydrogen) atoms. The smallest absolute Gasteiger partial charge is 0.264 e. The summed E-state index contributed by atoms with van der Waals surface area (Å²) in [6, 6.07) is 17.4. The number of hydrogen-bond acceptors (Lipinski definition) is 4. The van der Waals surface area contributed by atoms with Crippen molar-refractivity contribution in [1.29, 1.82) is 0 Å². The Balaban J connectivity index is 1.70. The second kappa shape index (κ2) is 8.13. The second-order valence-corrected chi connectivity index (χ2v) is 7.71. The lowest BCUT2D eigenvalue weighted by molar-refractivity contribution is -0.136. The Morgan fingerprint density at radius 2 is 1.87 bits per heavy atom. The molecule has 3 aromatic carbocycles. The largest absolute Gasteiger partial charge is 0.497 e. The van der Waals surface area contributed by atoms with Gasteiger partial charge in [-0.3, -0.25) is 9.59 Å². The minimum Gasteiger partial charge on any atom is -0.497 e. The van der Waals surface area contributed by atoms with Crippen molar-refractivity contribution in [2.45, 2.75) is 18.6 Å². The van der Waals surface area contributed by atoms with Crippen molar-refractivity contribution in [2.75, 3.05) is 12.0 Å². The van der Waals surface area contributed by atoms with Gasteiger partial charge in [-0.25, -0.2) is 4.39 Å². The quantitative estimate of drug-likeness (QED) is 0.574. The number of amides is 1. The minimum absolute atomic E-state index is 0.135. The molecule has 0 unspecified atom stereocenters. The molecule has 0 saturated heterocycles. The molecule has 4 rings (SSSR count). The molecular formula is C24H19ClFNO4. The van der Waals surface area contributed by atoms with Gasteiger partial charge in [0.05, 0.1) is 25.8 Å². The van der Waals surface area contributed by atoms with Crippen LogP contribution in [0.25, 0.3) is 0 Å². The highest BCUT2D eigenvalue weighted by Gasteiger charge is 2.51. The number of ketones is 1. The molecule has 0 aromatic heterocycles. The van der Waals surface area contributed by atoms with E-state index < -0.39 is 29.5 Å². The zero-order valence-corrected chi connectivity index (χ0v) is 17.4. The minimum atomic E-state index is -2.07. The van der Waals surface area contributed by atoms with Crippen LogP contribution in [0.1, 0.15) is 27.9 Å². The summed E-state index contributed by atoms with van der Waals surface area (Å²) in [6.07, 6.45) is -0.461. The fraction of sp³-hybridized carbons (Fsp3) is 0.167. The average molecular weight is 440 g/mol. The number of methoxy groups -OCH3 is 1. The molecule has 3 aromatic rings. The van der Waals surface area contributed by atoms with Crippen LogP contribution in [0, 0.1) is 5.82 Å². The van der Waals surface area contributed by atoms with E-state index >= 15 is 0 Å². The third-order valence-electron chi connectivity index (χ3n) is 5.43. The van der Waals surface area contributed by atoms with Gasteiger partial charge in [0, 0.05) is 21.7 Å². The average Bonchev–Trinajstić information content (AvgIpc) is 2.98. The summed E-state index contributed by atoms with van der Waals surface area (Å²) in [7, 11) is 1.49. The van der Waals surface area contributed by atoms with Gasteiger partial charge in [-0.15, -0.1) is 0 Å². The summed E-state index contributed by atoms with van der Waals surface area (Å²) in [6.45, 7) is -0.170. The number of carbonyl (C=O) groups is 2. The van der Waals surface area contributed by atoms with E-state index in [2.05, 4.69) is 0 Å². The van der Waals surface area contributed by atoms with Crippen LogP contribution >= 0.6 is 11.6 Å². The number of fused-ring (bicyclic) bond motifs is 1. The summed E-state index contributed by atoms with van der Waals surface area (Å²) < 4.78 is 19.5. The molecule has 0 saturated carbocycles. The van der Waals surface area contributed by atoms with Crippen LogP contribution < -0.4 is 9.64 Å². The maximum Gasteiger partial charge on any atom is 0.264 e. The molecule has 7 heteroatoms. The molecular weight excluding hydrogens is 421 g/mol. The van der Waals surface area contributed by atoms with Gasteiger partial charge < -0.3 is 14.7 Å². The lowest BCUT2D eigenvalue weighted by Crippen LogP contribution is -2.41. The van der Waals surface area contributed by atoms with E-state index in [0.717, 1.165) is 0 Å². The number of rotatable bonds is 6. The highest BCUT2D eigenvalue weighted by molar-refractivity contribution is 6.31. The Morgan fingerprint density at radius 3 is 2.61 bits per heavy atom. The van der Waals surface area contributed by atoms with Gasteiger partial charge in [-0.1, -0.05) is 48.0 Å². The molecule has 0 aliphatic carbocycles. The number of anilines is 1. The Bertz CT molecular complexity index is 1160. The summed E-state index contributed by atoms with van der Waals surface area (Å²) >= 11 is 6.14. The molecule has 1 aliphatic heterocycles. The van der Waals surface area contributed by atoms with E-state index in [4.69, 9.17) is 16.3 Å². The summed E-state index contributed by atoms with van der Waals surface area (Å²) in [4.78, 5) is 27.5. The molecule has 0 radical (unpaired) electrons. The number of Topliss-reactive ketones (excluding diaryl/α,β-unsaturated/α-hetero) is 1. The monoisotopic (exact) mass is 439 g/mol. The molecule has 1 N–H and O–H groups in total. The predicted molar refractivity (Wildman–Crippen MR) is 115 cm³/mol. The highest BCUT2D eigenvalue weighted by Crippen LogP contribution is 2.44. The van der Waals surface area contributed by atoms with Crippen LogP contribution in [-0.4, -0.2) is 23.9 Å². The SMILES string of the molecule is COc1cccc(C(=O)C[C@]2(O)C(=O)N(Cc3c(F)cccc3Cl)c3ccccc32)c1. The van der Waals surface area contributed by atoms with E-state index in [1.54, 1.807) is 48.5 Å². The molecule has 0 spiro atoms. The van der Waals surface area contributed by atoms with Gasteiger partial charge in [0.2, 0.25) is 0 Å². The van der Waals surface area contributed by atoms with Crippen molar-refractivity contribution in [2.24, 2.45) is 0 Å². The van der Waals surface area contributed by atoms with Gasteiger partial charge in [0.15, 0.2) is 11.4 Å². The van der Waals surface area contributed by atoms with Gasteiger partial charge in [0.1, 0.15) is 11.6 Å². The first-order chi connectivity index (χ1) is 14.8. The first kappa shape index (κ1) is 21.0. The van der Waals surface area contributed by atoms with Crippen molar-refractivity contribution in [3.8, 4) is 5.75 Å². The molecule has 0 fully saturated rings. The topological polar surface area (TPSA) is 66.8 Å². The van der Waals surface area contributed by atoms with Crippen molar-refractivity contribution in [1.82, 2.24) is 0 Å². The lowest BCUT2D eigenvalue weighted by Gasteiger charge is -2.23. The number of nitrogens with zero attached hydrogens (tertiary/aromatic N) is 1. The molecule has 5 nitrogen and oxygen atoms in total. The van der Waals surface area contributed by atoms with Crippen LogP contribution in [0.3, 0.4) is 0 Å². The maximum atomic E-state index is 14.4.